The van der Waals surface area contributed by atoms with Crippen LogP contribution in [0.15, 0.2) is 46.9 Å². The second kappa shape index (κ2) is 6.74. The number of urea groups is 1. The Kier molecular flexibility index (Phi) is 4.49. The number of carbonyl (C=O) groups excluding carboxylic acids is 2. The molecule has 0 fully saturated rings. The predicted octanol–water partition coefficient (Wildman–Crippen LogP) is 3.84. The van der Waals surface area contributed by atoms with Gasteiger partial charge in [-0.25, -0.2) is 4.79 Å². The van der Waals surface area contributed by atoms with Crippen molar-refractivity contribution >= 4 is 45.9 Å². The lowest BCUT2D eigenvalue weighted by molar-refractivity contribution is 0.0998. The van der Waals surface area contributed by atoms with E-state index in [9.17, 15) is 9.59 Å². The maximum Gasteiger partial charge on any atom is 0.316 e. The summed E-state index contributed by atoms with van der Waals surface area (Å²) in [4.78, 5) is 23.3. The Balaban J connectivity index is 1.82. The van der Waals surface area contributed by atoms with Gasteiger partial charge in [-0.2, -0.15) is 0 Å². The van der Waals surface area contributed by atoms with Crippen LogP contribution in [-0.2, 0) is 0 Å². The number of methoxy groups -OCH3 is 1. The lowest BCUT2D eigenvalue weighted by Crippen LogP contribution is -2.19. The van der Waals surface area contributed by atoms with Crippen LogP contribution in [0.3, 0.4) is 0 Å². The molecule has 7 nitrogen and oxygen atoms in total. The van der Waals surface area contributed by atoms with Crippen LogP contribution in [0.4, 0.5) is 16.2 Å². The number of rotatable bonds is 4. The van der Waals surface area contributed by atoms with Gasteiger partial charge in [0.2, 0.25) is 0 Å². The fourth-order valence-corrected chi connectivity index (χ4v) is 2.50. The first-order chi connectivity index (χ1) is 12.0. The summed E-state index contributed by atoms with van der Waals surface area (Å²) in [6.45, 7) is 0. The molecule has 0 spiro atoms. The minimum atomic E-state index is -0.712. The Bertz CT molecular complexity index is 968. The molecule has 3 rings (SSSR count). The molecule has 0 saturated heterocycles. The first kappa shape index (κ1) is 16.7. The summed E-state index contributed by atoms with van der Waals surface area (Å²) in [6.07, 6.45) is 0. The molecule has 0 unspecified atom stereocenters. The van der Waals surface area contributed by atoms with Gasteiger partial charge in [0, 0.05) is 22.2 Å². The van der Waals surface area contributed by atoms with Crippen molar-refractivity contribution in [2.75, 3.05) is 17.7 Å². The molecule has 0 atom stereocenters. The van der Waals surface area contributed by atoms with Crippen molar-refractivity contribution in [2.24, 2.45) is 5.73 Å². The molecule has 1 heterocycles. The van der Waals surface area contributed by atoms with Crippen molar-refractivity contribution in [2.45, 2.75) is 0 Å². The fraction of sp³-hybridized carbons (Fsp3) is 0.0588. The average molecular weight is 360 g/mol. The van der Waals surface area contributed by atoms with Gasteiger partial charge in [-0.1, -0.05) is 11.6 Å². The van der Waals surface area contributed by atoms with E-state index in [4.69, 9.17) is 26.5 Å². The van der Waals surface area contributed by atoms with Crippen LogP contribution >= 0.6 is 11.6 Å². The number of benzene rings is 2. The van der Waals surface area contributed by atoms with Gasteiger partial charge in [0.1, 0.15) is 11.3 Å². The molecular weight excluding hydrogens is 346 g/mol. The number of nitrogens with one attached hydrogen (secondary N) is 2. The maximum absolute atomic E-state index is 12.4. The van der Waals surface area contributed by atoms with Gasteiger partial charge in [0.25, 0.3) is 5.91 Å². The monoisotopic (exact) mass is 359 g/mol. The SMILES string of the molecule is COc1cc(NC(=O)c2cc3cc(Cl)ccc3o2)ccc1NC(N)=O. The van der Waals surface area contributed by atoms with Gasteiger partial charge in [0.05, 0.1) is 12.8 Å². The first-order valence-electron chi connectivity index (χ1n) is 7.21. The molecule has 25 heavy (non-hydrogen) atoms. The molecule has 128 valence electrons. The first-order valence-corrected chi connectivity index (χ1v) is 7.59. The zero-order valence-corrected chi connectivity index (χ0v) is 13.9. The number of ether oxygens (including phenoxy) is 1. The number of hydrogen-bond donors (Lipinski definition) is 3. The van der Waals surface area contributed by atoms with E-state index in [2.05, 4.69) is 10.6 Å². The molecule has 0 saturated carbocycles. The van der Waals surface area contributed by atoms with Crippen molar-refractivity contribution in [3.05, 3.63) is 53.2 Å². The Morgan fingerprint density at radius 3 is 2.64 bits per heavy atom. The normalized spacial score (nSPS) is 10.5. The van der Waals surface area contributed by atoms with Crippen molar-refractivity contribution in [3.8, 4) is 5.75 Å². The van der Waals surface area contributed by atoms with E-state index in [0.29, 0.717) is 27.7 Å². The van der Waals surface area contributed by atoms with Gasteiger partial charge >= 0.3 is 6.03 Å². The molecule has 1 aromatic heterocycles. The number of amides is 3. The minimum Gasteiger partial charge on any atom is -0.494 e. The molecule has 0 radical (unpaired) electrons. The standard InChI is InChI=1S/C17H14ClN3O4/c1-24-14-8-11(3-4-12(14)21-17(19)23)20-16(22)15-7-9-6-10(18)2-5-13(9)25-15/h2-8H,1H3,(H,20,22)(H3,19,21,23). The van der Waals surface area contributed by atoms with E-state index < -0.39 is 11.9 Å². The summed E-state index contributed by atoms with van der Waals surface area (Å²) < 4.78 is 10.7. The van der Waals surface area contributed by atoms with Crippen LogP contribution < -0.4 is 21.1 Å². The van der Waals surface area contributed by atoms with Gasteiger partial charge in [-0.15, -0.1) is 0 Å². The van der Waals surface area contributed by atoms with Crippen LogP contribution in [-0.4, -0.2) is 19.0 Å². The molecular formula is C17H14ClN3O4. The molecule has 0 bridgehead atoms. The number of anilines is 2. The molecule has 3 amide bonds. The van der Waals surface area contributed by atoms with E-state index in [-0.39, 0.29) is 5.76 Å². The van der Waals surface area contributed by atoms with Crippen molar-refractivity contribution < 1.29 is 18.7 Å². The summed E-state index contributed by atoms with van der Waals surface area (Å²) in [6, 6.07) is 10.7. The molecule has 4 N–H and O–H groups in total. The number of fused-ring (bicyclic) bond motifs is 1. The highest BCUT2D eigenvalue weighted by Crippen LogP contribution is 2.29. The third-order valence-corrected chi connectivity index (χ3v) is 3.65. The van der Waals surface area contributed by atoms with Crippen LogP contribution in [0.5, 0.6) is 5.75 Å². The van der Waals surface area contributed by atoms with Crippen LogP contribution in [0, 0.1) is 0 Å². The van der Waals surface area contributed by atoms with E-state index in [0.717, 1.165) is 5.39 Å². The number of furan rings is 1. The molecule has 0 aliphatic rings. The summed E-state index contributed by atoms with van der Waals surface area (Å²) in [5.41, 5.74) is 6.52. The number of carbonyl (C=O) groups is 2. The summed E-state index contributed by atoms with van der Waals surface area (Å²) in [5.74, 6) is 0.0774. The quantitative estimate of drug-likeness (QED) is 0.657. The number of halogens is 1. The van der Waals surface area contributed by atoms with Crippen molar-refractivity contribution in [1.82, 2.24) is 0 Å². The number of nitrogens with two attached hydrogens (primary N) is 1. The van der Waals surface area contributed by atoms with Crippen LogP contribution in [0.25, 0.3) is 11.0 Å². The number of primary amides is 1. The van der Waals surface area contributed by atoms with E-state index in [1.54, 1.807) is 42.5 Å². The van der Waals surface area contributed by atoms with Gasteiger partial charge in [-0.3, -0.25) is 4.79 Å². The topological polar surface area (TPSA) is 107 Å². The van der Waals surface area contributed by atoms with Crippen LogP contribution in [0.1, 0.15) is 10.6 Å². The molecule has 0 aliphatic carbocycles. The third-order valence-electron chi connectivity index (χ3n) is 3.42. The average Bonchev–Trinajstić information content (AvgIpc) is 2.99. The van der Waals surface area contributed by atoms with E-state index in [1.807, 2.05) is 0 Å². The smallest absolute Gasteiger partial charge is 0.316 e. The summed E-state index contributed by atoms with van der Waals surface area (Å²) in [7, 11) is 1.44. The Labute approximate surface area is 147 Å². The Morgan fingerprint density at radius 1 is 1.12 bits per heavy atom. The molecule has 3 aromatic rings. The summed E-state index contributed by atoms with van der Waals surface area (Å²) >= 11 is 5.93. The largest absolute Gasteiger partial charge is 0.494 e. The molecule has 2 aromatic carbocycles. The van der Waals surface area contributed by atoms with Gasteiger partial charge < -0.3 is 25.5 Å². The van der Waals surface area contributed by atoms with Crippen molar-refractivity contribution in [1.29, 1.82) is 0 Å². The lowest BCUT2D eigenvalue weighted by Gasteiger charge is -2.11. The number of hydrogen-bond acceptors (Lipinski definition) is 4. The van der Waals surface area contributed by atoms with Gasteiger partial charge in [0.15, 0.2) is 5.76 Å². The highest BCUT2D eigenvalue weighted by atomic mass is 35.5. The zero-order chi connectivity index (χ0) is 18.0. The second-order valence-corrected chi connectivity index (χ2v) is 5.59. The molecule has 0 aliphatic heterocycles. The Morgan fingerprint density at radius 2 is 1.92 bits per heavy atom. The molecule has 8 heteroatoms. The predicted molar refractivity (Wildman–Crippen MR) is 95.4 cm³/mol. The van der Waals surface area contributed by atoms with Crippen molar-refractivity contribution in [3.63, 3.8) is 0 Å². The van der Waals surface area contributed by atoms with Crippen LogP contribution in [0.2, 0.25) is 5.02 Å². The van der Waals surface area contributed by atoms with E-state index >= 15 is 0 Å². The third kappa shape index (κ3) is 3.67. The van der Waals surface area contributed by atoms with Gasteiger partial charge in [-0.05, 0) is 36.4 Å². The zero-order valence-electron chi connectivity index (χ0n) is 13.1. The highest BCUT2D eigenvalue weighted by Gasteiger charge is 2.14. The summed E-state index contributed by atoms with van der Waals surface area (Å²) in [5, 5.41) is 6.42. The highest BCUT2D eigenvalue weighted by molar-refractivity contribution is 6.31. The fourth-order valence-electron chi connectivity index (χ4n) is 2.32. The van der Waals surface area contributed by atoms with E-state index in [1.165, 1.54) is 7.11 Å². The minimum absolute atomic E-state index is 0.149. The Hall–Kier alpha value is -3.19. The lowest BCUT2D eigenvalue weighted by atomic mass is 10.2. The second-order valence-electron chi connectivity index (χ2n) is 5.15. The maximum atomic E-state index is 12.4.